The van der Waals surface area contributed by atoms with E-state index in [0.717, 1.165) is 17.8 Å². The highest BCUT2D eigenvalue weighted by Crippen LogP contribution is 2.26. The summed E-state index contributed by atoms with van der Waals surface area (Å²) in [5.74, 6) is -0.999. The fraction of sp³-hybridized carbons (Fsp3) is 0.375. The van der Waals surface area contributed by atoms with Crippen molar-refractivity contribution < 1.29 is 23.1 Å². The molecule has 3 aromatic rings. The number of hydrogen-bond acceptors (Lipinski definition) is 8. The minimum absolute atomic E-state index is 0.122. The van der Waals surface area contributed by atoms with Crippen molar-refractivity contribution in [2.75, 3.05) is 12.9 Å². The zero-order chi connectivity index (χ0) is 25.6. The van der Waals surface area contributed by atoms with Gasteiger partial charge >= 0.3 is 5.97 Å². The average molecular weight is 521 g/mol. The quantitative estimate of drug-likeness (QED) is 0.290. The number of aliphatic hydroxyl groups is 1. The Morgan fingerprint density at radius 2 is 1.97 bits per heavy atom. The van der Waals surface area contributed by atoms with Gasteiger partial charge in [-0.2, -0.15) is 5.10 Å². The molecule has 0 bridgehead atoms. The van der Waals surface area contributed by atoms with Gasteiger partial charge in [0.25, 0.3) is 0 Å². The van der Waals surface area contributed by atoms with Crippen LogP contribution in [0.1, 0.15) is 55.3 Å². The molecule has 2 N–H and O–H groups in total. The third-order valence-corrected chi connectivity index (χ3v) is 7.49. The van der Waals surface area contributed by atoms with Gasteiger partial charge < -0.3 is 9.84 Å². The van der Waals surface area contributed by atoms with Crippen molar-refractivity contribution in [1.29, 1.82) is 0 Å². The summed E-state index contributed by atoms with van der Waals surface area (Å²) in [5.41, 5.74) is 2.83. The standard InChI is InChI=1S/C24H29ClN4O5S/c1-4-5-21(17-10-12-26-22(14-17)35(32,33)13-11-23(30)34-3)28-24(31)20-15-27-29(16(20)2)19-8-6-18(25)7-9-19/h6-10,12,14-15,21,24,28,31H,4-5,11,13H2,1-3H3. The summed E-state index contributed by atoms with van der Waals surface area (Å²) in [6.45, 7) is 3.86. The van der Waals surface area contributed by atoms with Gasteiger partial charge in [0.2, 0.25) is 0 Å². The van der Waals surface area contributed by atoms with Crippen molar-refractivity contribution in [2.24, 2.45) is 0 Å². The SMILES string of the molecule is CCCC(NC(O)c1cnn(-c2ccc(Cl)cc2)c1C)c1ccnc(S(=O)(=O)CCC(=O)OC)c1. The summed E-state index contributed by atoms with van der Waals surface area (Å²) in [7, 11) is -2.57. The molecule has 2 unspecified atom stereocenters. The van der Waals surface area contributed by atoms with Gasteiger partial charge in [-0.3, -0.25) is 10.1 Å². The smallest absolute Gasteiger partial charge is 0.306 e. The number of pyridine rings is 1. The number of sulfone groups is 1. The van der Waals surface area contributed by atoms with Crippen LogP contribution in [0.15, 0.2) is 53.8 Å². The van der Waals surface area contributed by atoms with Crippen LogP contribution in [0.3, 0.4) is 0 Å². The van der Waals surface area contributed by atoms with Crippen LogP contribution in [0.2, 0.25) is 5.02 Å². The van der Waals surface area contributed by atoms with E-state index in [-0.39, 0.29) is 17.5 Å². The minimum atomic E-state index is -3.78. The molecule has 0 aliphatic heterocycles. The summed E-state index contributed by atoms with van der Waals surface area (Å²) < 4.78 is 31.6. The van der Waals surface area contributed by atoms with E-state index in [1.165, 1.54) is 19.4 Å². The number of esters is 1. The lowest BCUT2D eigenvalue weighted by Crippen LogP contribution is -2.27. The topological polar surface area (TPSA) is 123 Å². The summed E-state index contributed by atoms with van der Waals surface area (Å²) in [6.07, 6.45) is 3.16. The zero-order valence-corrected chi connectivity index (χ0v) is 21.4. The van der Waals surface area contributed by atoms with Crippen LogP contribution in [0.25, 0.3) is 5.69 Å². The van der Waals surface area contributed by atoms with E-state index in [1.807, 2.05) is 26.0 Å². The van der Waals surface area contributed by atoms with Crippen LogP contribution in [0.5, 0.6) is 0 Å². The number of benzene rings is 1. The molecule has 2 atom stereocenters. The number of carbonyl (C=O) groups excluding carboxylic acids is 1. The van der Waals surface area contributed by atoms with Crippen molar-refractivity contribution in [3.8, 4) is 5.69 Å². The molecule has 3 rings (SSSR count). The highest BCUT2D eigenvalue weighted by atomic mass is 35.5. The molecular formula is C24H29ClN4O5S. The number of halogens is 1. The molecule has 0 spiro atoms. The summed E-state index contributed by atoms with van der Waals surface area (Å²) >= 11 is 5.97. The molecule has 0 fully saturated rings. The van der Waals surface area contributed by atoms with Gasteiger partial charge in [-0.05, 0) is 55.3 Å². The van der Waals surface area contributed by atoms with Crippen molar-refractivity contribution in [2.45, 2.75) is 50.4 Å². The fourth-order valence-corrected chi connectivity index (χ4v) is 4.99. The Morgan fingerprint density at radius 3 is 2.63 bits per heavy atom. The minimum Gasteiger partial charge on any atom is -0.469 e. The van der Waals surface area contributed by atoms with Gasteiger partial charge in [0.1, 0.15) is 6.23 Å². The maximum Gasteiger partial charge on any atom is 0.306 e. The Morgan fingerprint density at radius 1 is 1.26 bits per heavy atom. The Hall–Kier alpha value is -2.79. The summed E-state index contributed by atoms with van der Waals surface area (Å²) in [5, 5.41) is 19.1. The largest absolute Gasteiger partial charge is 0.469 e. The molecule has 11 heteroatoms. The molecular weight excluding hydrogens is 492 g/mol. The second-order valence-electron chi connectivity index (χ2n) is 8.06. The van der Waals surface area contributed by atoms with E-state index in [2.05, 4.69) is 20.1 Å². The normalized spacial score (nSPS) is 13.4. The molecule has 0 saturated heterocycles. The average Bonchev–Trinajstić information content (AvgIpc) is 3.24. The van der Waals surface area contributed by atoms with E-state index >= 15 is 0 Å². The Labute approximate surface area is 210 Å². The zero-order valence-electron chi connectivity index (χ0n) is 19.8. The molecule has 0 aliphatic rings. The second kappa shape index (κ2) is 11.8. The van der Waals surface area contributed by atoms with Gasteiger partial charge in [-0.1, -0.05) is 24.9 Å². The number of rotatable bonds is 11. The van der Waals surface area contributed by atoms with Gasteiger partial charge in [0.15, 0.2) is 14.9 Å². The number of aromatic nitrogens is 3. The lowest BCUT2D eigenvalue weighted by atomic mass is 10.0. The fourth-order valence-electron chi connectivity index (χ4n) is 3.68. The monoisotopic (exact) mass is 520 g/mol. The number of nitrogens with one attached hydrogen (secondary N) is 1. The number of nitrogens with zero attached hydrogens (tertiary/aromatic N) is 3. The lowest BCUT2D eigenvalue weighted by molar-refractivity contribution is -0.140. The van der Waals surface area contributed by atoms with Crippen molar-refractivity contribution >= 4 is 27.4 Å². The predicted molar refractivity (Wildman–Crippen MR) is 132 cm³/mol. The Bertz CT molecular complexity index is 1260. The Kier molecular flexibility index (Phi) is 9.01. The first kappa shape index (κ1) is 26.8. The Balaban J connectivity index is 1.81. The highest BCUT2D eigenvalue weighted by molar-refractivity contribution is 7.91. The van der Waals surface area contributed by atoms with E-state index < -0.39 is 27.8 Å². The molecule has 2 aromatic heterocycles. The van der Waals surface area contributed by atoms with Crippen LogP contribution in [-0.2, 0) is 19.4 Å². The van der Waals surface area contributed by atoms with Gasteiger partial charge in [-0.15, -0.1) is 0 Å². The van der Waals surface area contributed by atoms with Crippen molar-refractivity contribution in [3.05, 3.63) is 70.6 Å². The molecule has 9 nitrogen and oxygen atoms in total. The lowest BCUT2D eigenvalue weighted by Gasteiger charge is -2.23. The van der Waals surface area contributed by atoms with E-state index in [1.54, 1.807) is 29.1 Å². The first-order valence-electron chi connectivity index (χ1n) is 11.2. The predicted octanol–water partition coefficient (Wildman–Crippen LogP) is 3.69. The maximum absolute atomic E-state index is 12.7. The van der Waals surface area contributed by atoms with Crippen molar-refractivity contribution in [1.82, 2.24) is 20.1 Å². The molecule has 2 heterocycles. The number of aliphatic hydroxyl groups excluding tert-OH is 1. The van der Waals surface area contributed by atoms with Gasteiger partial charge in [0, 0.05) is 28.5 Å². The number of ether oxygens (including phenoxy) is 1. The van der Waals surface area contributed by atoms with Crippen LogP contribution in [0.4, 0.5) is 0 Å². The number of methoxy groups -OCH3 is 1. The van der Waals surface area contributed by atoms with Crippen LogP contribution in [0, 0.1) is 6.92 Å². The molecule has 0 radical (unpaired) electrons. The third kappa shape index (κ3) is 6.66. The van der Waals surface area contributed by atoms with Crippen LogP contribution < -0.4 is 5.32 Å². The van der Waals surface area contributed by atoms with Crippen molar-refractivity contribution in [3.63, 3.8) is 0 Å². The molecule has 1 aromatic carbocycles. The van der Waals surface area contributed by atoms with Gasteiger partial charge in [-0.25, -0.2) is 18.1 Å². The maximum atomic E-state index is 12.7. The number of hydrogen-bond donors (Lipinski definition) is 2. The second-order valence-corrected chi connectivity index (χ2v) is 10.5. The first-order chi connectivity index (χ1) is 16.7. The summed E-state index contributed by atoms with van der Waals surface area (Å²) in [4.78, 5) is 15.4. The molecule has 0 aliphatic carbocycles. The first-order valence-corrected chi connectivity index (χ1v) is 13.2. The van der Waals surface area contributed by atoms with Crippen LogP contribution in [-0.4, -0.2) is 47.1 Å². The summed E-state index contributed by atoms with van der Waals surface area (Å²) in [6, 6.07) is 10.1. The molecule has 188 valence electrons. The molecule has 0 saturated carbocycles. The van der Waals surface area contributed by atoms with Crippen LogP contribution >= 0.6 is 11.6 Å². The van der Waals surface area contributed by atoms with E-state index in [4.69, 9.17) is 11.6 Å². The van der Waals surface area contributed by atoms with E-state index in [0.29, 0.717) is 22.6 Å². The third-order valence-electron chi connectivity index (χ3n) is 5.63. The van der Waals surface area contributed by atoms with Gasteiger partial charge in [0.05, 0.1) is 31.2 Å². The highest BCUT2D eigenvalue weighted by Gasteiger charge is 2.23. The number of carbonyl (C=O) groups is 1. The molecule has 0 amide bonds. The van der Waals surface area contributed by atoms with E-state index in [9.17, 15) is 18.3 Å². The molecule has 35 heavy (non-hydrogen) atoms.